The second-order valence-corrected chi connectivity index (χ2v) is 5.29. The van der Waals surface area contributed by atoms with E-state index in [1.807, 2.05) is 0 Å². The third kappa shape index (κ3) is 3.79. The van der Waals surface area contributed by atoms with Gasteiger partial charge in [0.25, 0.3) is 0 Å². The first-order valence-electron chi connectivity index (χ1n) is 6.48. The van der Waals surface area contributed by atoms with Crippen molar-refractivity contribution in [2.45, 2.75) is 32.2 Å². The first-order valence-corrected chi connectivity index (χ1v) is 7.27. The van der Waals surface area contributed by atoms with Gasteiger partial charge in [-0.2, -0.15) is 0 Å². The van der Waals surface area contributed by atoms with Gasteiger partial charge in [0.05, 0.1) is 0 Å². The summed E-state index contributed by atoms with van der Waals surface area (Å²) in [6, 6.07) is 0.211. The van der Waals surface area contributed by atoms with Crippen LogP contribution in [-0.2, 0) is 4.79 Å². The molecule has 104 valence electrons. The fourth-order valence-corrected chi connectivity index (χ4v) is 2.35. The maximum atomic E-state index is 11.1. The topological polar surface area (TPSA) is 78.9 Å². The number of nitrogens with one attached hydrogen (secondary N) is 3. The Morgan fingerprint density at radius 2 is 2.26 bits per heavy atom. The number of amides is 1. The van der Waals surface area contributed by atoms with Gasteiger partial charge in [-0.25, -0.2) is 9.97 Å². The molecule has 1 aromatic heterocycles. The van der Waals surface area contributed by atoms with Crippen molar-refractivity contribution in [1.29, 1.82) is 0 Å². The highest BCUT2D eigenvalue weighted by molar-refractivity contribution is 9.10. The van der Waals surface area contributed by atoms with Crippen LogP contribution in [0.15, 0.2) is 10.8 Å². The quantitative estimate of drug-likeness (QED) is 0.767. The molecule has 0 aromatic carbocycles. The van der Waals surface area contributed by atoms with Crippen LogP contribution in [0.4, 0.5) is 11.6 Å². The molecule has 0 bridgehead atoms. The fraction of sp³-hybridized carbons (Fsp3) is 0.583. The molecule has 3 N–H and O–H groups in total. The van der Waals surface area contributed by atoms with E-state index >= 15 is 0 Å². The van der Waals surface area contributed by atoms with Crippen LogP contribution in [0.25, 0.3) is 0 Å². The van der Waals surface area contributed by atoms with Gasteiger partial charge in [-0.1, -0.05) is 6.92 Å². The number of hydrogen-bond acceptors (Lipinski definition) is 5. The third-order valence-corrected chi connectivity index (χ3v) is 3.69. The molecule has 0 aliphatic carbocycles. The van der Waals surface area contributed by atoms with Gasteiger partial charge in [0.2, 0.25) is 5.91 Å². The van der Waals surface area contributed by atoms with E-state index < -0.39 is 0 Å². The molecule has 0 saturated carbocycles. The number of halogens is 1. The van der Waals surface area contributed by atoms with E-state index in [-0.39, 0.29) is 11.9 Å². The highest BCUT2D eigenvalue weighted by atomic mass is 79.9. The third-order valence-electron chi connectivity index (χ3n) is 2.94. The standard InChI is InChI=1S/C12H18BrN5O/c1-2-5-14-11-10(13)12(17-7-16-11)18-8-3-4-9(19)15-6-8/h7-8H,2-6H2,1H3,(H,15,19)(H2,14,16,17,18). The Morgan fingerprint density at radius 3 is 2.95 bits per heavy atom. The largest absolute Gasteiger partial charge is 0.369 e. The van der Waals surface area contributed by atoms with Crippen molar-refractivity contribution in [1.82, 2.24) is 15.3 Å². The summed E-state index contributed by atoms with van der Waals surface area (Å²) < 4.78 is 0.834. The summed E-state index contributed by atoms with van der Waals surface area (Å²) in [6.45, 7) is 3.60. The van der Waals surface area contributed by atoms with Gasteiger partial charge in [0, 0.05) is 25.6 Å². The van der Waals surface area contributed by atoms with Crippen LogP contribution in [-0.4, -0.2) is 35.0 Å². The van der Waals surface area contributed by atoms with Gasteiger partial charge >= 0.3 is 0 Å². The second-order valence-electron chi connectivity index (χ2n) is 4.50. The molecule has 2 heterocycles. The predicted molar refractivity (Wildman–Crippen MR) is 78.2 cm³/mol. The van der Waals surface area contributed by atoms with E-state index in [2.05, 4.69) is 48.8 Å². The first-order chi connectivity index (χ1) is 9.20. The number of nitrogens with zero attached hydrogens (tertiary/aromatic N) is 2. The molecule has 1 saturated heterocycles. The van der Waals surface area contributed by atoms with Gasteiger partial charge in [-0.3, -0.25) is 4.79 Å². The van der Waals surface area contributed by atoms with Crippen molar-refractivity contribution in [3.63, 3.8) is 0 Å². The maximum absolute atomic E-state index is 11.1. The molecule has 1 aromatic rings. The summed E-state index contributed by atoms with van der Waals surface area (Å²) in [6.07, 6.45) is 3.95. The Morgan fingerprint density at radius 1 is 1.47 bits per heavy atom. The summed E-state index contributed by atoms with van der Waals surface area (Å²) in [5.74, 6) is 1.67. The summed E-state index contributed by atoms with van der Waals surface area (Å²) in [7, 11) is 0. The zero-order valence-corrected chi connectivity index (χ0v) is 12.5. The van der Waals surface area contributed by atoms with Crippen molar-refractivity contribution in [2.75, 3.05) is 23.7 Å². The Hall–Kier alpha value is -1.37. The zero-order chi connectivity index (χ0) is 13.7. The number of carbonyl (C=O) groups excluding carboxylic acids is 1. The summed E-state index contributed by atoms with van der Waals surface area (Å²) in [4.78, 5) is 19.6. The lowest BCUT2D eigenvalue weighted by molar-refractivity contribution is -0.122. The molecule has 0 spiro atoms. The lowest BCUT2D eigenvalue weighted by atomic mass is 10.1. The van der Waals surface area contributed by atoms with E-state index in [9.17, 15) is 4.79 Å². The van der Waals surface area contributed by atoms with E-state index in [0.717, 1.165) is 35.5 Å². The van der Waals surface area contributed by atoms with Gasteiger partial charge in [0.1, 0.15) is 22.4 Å². The van der Waals surface area contributed by atoms with Crippen LogP contribution in [0.2, 0.25) is 0 Å². The first kappa shape index (κ1) is 14.0. The van der Waals surface area contributed by atoms with Gasteiger partial charge < -0.3 is 16.0 Å². The molecular formula is C12H18BrN5O. The minimum absolute atomic E-state index is 0.116. The van der Waals surface area contributed by atoms with Crippen LogP contribution in [0.1, 0.15) is 26.2 Å². The molecule has 6 nitrogen and oxygen atoms in total. The lowest BCUT2D eigenvalue weighted by Crippen LogP contribution is -2.42. The normalized spacial score (nSPS) is 18.8. The van der Waals surface area contributed by atoms with Crippen LogP contribution in [0.5, 0.6) is 0 Å². The summed E-state index contributed by atoms with van der Waals surface area (Å²) >= 11 is 3.51. The van der Waals surface area contributed by atoms with Gasteiger partial charge in [0.15, 0.2) is 0 Å². The van der Waals surface area contributed by atoms with Gasteiger partial charge in [-0.05, 0) is 28.8 Å². The fourth-order valence-electron chi connectivity index (χ4n) is 1.89. The second kappa shape index (κ2) is 6.70. The van der Waals surface area contributed by atoms with Crippen molar-refractivity contribution in [3.8, 4) is 0 Å². The zero-order valence-electron chi connectivity index (χ0n) is 10.9. The maximum Gasteiger partial charge on any atom is 0.220 e. The number of anilines is 2. The molecule has 1 aliphatic rings. The molecule has 1 fully saturated rings. The SMILES string of the molecule is CCCNc1ncnc(NC2CCC(=O)NC2)c1Br. The average molecular weight is 328 g/mol. The molecule has 19 heavy (non-hydrogen) atoms. The lowest BCUT2D eigenvalue weighted by Gasteiger charge is -2.24. The smallest absolute Gasteiger partial charge is 0.220 e. The van der Waals surface area contributed by atoms with Crippen LogP contribution in [0, 0.1) is 0 Å². The molecule has 0 radical (unpaired) electrons. The number of hydrogen-bond donors (Lipinski definition) is 3. The van der Waals surface area contributed by atoms with Crippen LogP contribution >= 0.6 is 15.9 Å². The van der Waals surface area contributed by atoms with Crippen molar-refractivity contribution < 1.29 is 4.79 Å². The van der Waals surface area contributed by atoms with Gasteiger partial charge in [-0.15, -0.1) is 0 Å². The minimum atomic E-state index is 0.116. The molecule has 1 unspecified atom stereocenters. The van der Waals surface area contributed by atoms with Crippen LogP contribution < -0.4 is 16.0 Å². The van der Waals surface area contributed by atoms with E-state index in [1.54, 1.807) is 0 Å². The summed E-state index contributed by atoms with van der Waals surface area (Å²) in [5.41, 5.74) is 0. The monoisotopic (exact) mass is 327 g/mol. The molecule has 1 aliphatic heterocycles. The molecule has 1 amide bonds. The van der Waals surface area contributed by atoms with Crippen molar-refractivity contribution >= 4 is 33.5 Å². The Kier molecular flexibility index (Phi) is 4.95. The van der Waals surface area contributed by atoms with Crippen molar-refractivity contribution in [3.05, 3.63) is 10.8 Å². The molecule has 7 heteroatoms. The van der Waals surface area contributed by atoms with Crippen LogP contribution in [0.3, 0.4) is 0 Å². The Labute approximate surface area is 120 Å². The average Bonchev–Trinajstić information content (AvgIpc) is 2.42. The van der Waals surface area contributed by atoms with Crippen molar-refractivity contribution in [2.24, 2.45) is 0 Å². The predicted octanol–water partition coefficient (Wildman–Crippen LogP) is 1.75. The summed E-state index contributed by atoms with van der Waals surface area (Å²) in [5, 5.41) is 9.42. The Bertz CT molecular complexity index is 444. The highest BCUT2D eigenvalue weighted by Crippen LogP contribution is 2.27. The molecule has 1 atom stereocenters. The van der Waals surface area contributed by atoms with E-state index in [1.165, 1.54) is 6.33 Å². The molecular weight excluding hydrogens is 310 g/mol. The molecule has 2 rings (SSSR count). The number of piperidine rings is 1. The number of aromatic nitrogens is 2. The Balaban J connectivity index is 2.01. The van der Waals surface area contributed by atoms with E-state index in [4.69, 9.17) is 0 Å². The minimum Gasteiger partial charge on any atom is -0.369 e. The number of carbonyl (C=O) groups is 1. The van der Waals surface area contributed by atoms with E-state index in [0.29, 0.717) is 13.0 Å². The number of rotatable bonds is 5. The highest BCUT2D eigenvalue weighted by Gasteiger charge is 2.19.